The Morgan fingerprint density at radius 2 is 1.87 bits per heavy atom. The van der Waals surface area contributed by atoms with Gasteiger partial charge in [-0.1, -0.05) is 11.6 Å². The van der Waals surface area contributed by atoms with E-state index in [9.17, 15) is 28.1 Å². The summed E-state index contributed by atoms with van der Waals surface area (Å²) in [6, 6.07) is 5.85. The topological polar surface area (TPSA) is 87.9 Å². The summed E-state index contributed by atoms with van der Waals surface area (Å²) < 4.78 is 54.2. The first-order valence-corrected chi connectivity index (χ1v) is 9.14. The molecule has 0 unspecified atom stereocenters. The van der Waals surface area contributed by atoms with Crippen LogP contribution in [0.3, 0.4) is 0 Å². The molecule has 0 spiro atoms. The van der Waals surface area contributed by atoms with Crippen LogP contribution >= 0.6 is 11.6 Å². The molecule has 0 atom stereocenters. The van der Waals surface area contributed by atoms with Crippen LogP contribution in [0.2, 0.25) is 5.02 Å². The Morgan fingerprint density at radius 1 is 1.17 bits per heavy atom. The van der Waals surface area contributed by atoms with Gasteiger partial charge in [0.25, 0.3) is 5.69 Å². The van der Waals surface area contributed by atoms with Crippen molar-refractivity contribution in [1.82, 2.24) is 0 Å². The number of ether oxygens (including phenoxy) is 3. The van der Waals surface area contributed by atoms with Crippen LogP contribution in [0, 0.1) is 10.1 Å². The van der Waals surface area contributed by atoms with Crippen LogP contribution in [0.25, 0.3) is 0 Å². The molecule has 1 aliphatic rings. The van der Waals surface area contributed by atoms with Crippen LogP contribution in [0.4, 0.5) is 18.9 Å². The lowest BCUT2D eigenvalue weighted by atomic mass is 10.1. The zero-order valence-corrected chi connectivity index (χ0v) is 16.0. The van der Waals surface area contributed by atoms with Gasteiger partial charge in [0.2, 0.25) is 0 Å². The number of hydrogen-bond donors (Lipinski definition) is 0. The van der Waals surface area contributed by atoms with Crippen molar-refractivity contribution in [2.45, 2.75) is 25.1 Å². The predicted molar refractivity (Wildman–Crippen MR) is 98.9 cm³/mol. The fourth-order valence-corrected chi connectivity index (χ4v) is 3.02. The first kappa shape index (κ1) is 21.8. The molecular weight excluding hydrogens is 431 g/mol. The van der Waals surface area contributed by atoms with Gasteiger partial charge in [-0.05, 0) is 24.3 Å². The van der Waals surface area contributed by atoms with Gasteiger partial charge < -0.3 is 14.2 Å². The van der Waals surface area contributed by atoms with Gasteiger partial charge >= 0.3 is 12.1 Å². The second kappa shape index (κ2) is 8.88. The zero-order chi connectivity index (χ0) is 21.9. The van der Waals surface area contributed by atoms with E-state index in [0.29, 0.717) is 32.1 Å². The van der Waals surface area contributed by atoms with Crippen LogP contribution in [0.15, 0.2) is 36.4 Å². The maximum Gasteiger partial charge on any atom is 0.416 e. The summed E-state index contributed by atoms with van der Waals surface area (Å²) in [4.78, 5) is 23.0. The standard InChI is InChI=1S/C19H15ClF3NO6/c20-15-9-11(19(21,22)23)1-4-17(15)29-13-2-3-16(24(26)27)14(10-13)18(25)30-12-5-7-28-8-6-12/h1-4,9-10,12H,5-8H2. The lowest BCUT2D eigenvalue weighted by molar-refractivity contribution is -0.385. The van der Waals surface area contributed by atoms with Crippen molar-refractivity contribution >= 4 is 23.3 Å². The van der Waals surface area contributed by atoms with E-state index in [1.54, 1.807) is 0 Å². The van der Waals surface area contributed by atoms with Crippen LogP contribution in [-0.2, 0) is 15.7 Å². The normalized spacial score (nSPS) is 14.9. The van der Waals surface area contributed by atoms with E-state index in [1.165, 1.54) is 6.07 Å². The van der Waals surface area contributed by atoms with E-state index in [4.69, 9.17) is 25.8 Å². The molecule has 0 aromatic heterocycles. The summed E-state index contributed by atoms with van der Waals surface area (Å²) in [5.74, 6) is -1.04. The Balaban J connectivity index is 1.85. The molecule has 7 nitrogen and oxygen atoms in total. The molecule has 1 aliphatic heterocycles. The second-order valence-corrected chi connectivity index (χ2v) is 6.81. The molecule has 1 saturated heterocycles. The maximum atomic E-state index is 12.8. The number of esters is 1. The third-order valence-corrected chi connectivity index (χ3v) is 4.61. The molecule has 0 saturated carbocycles. The summed E-state index contributed by atoms with van der Waals surface area (Å²) in [6.45, 7) is 0.825. The molecule has 160 valence electrons. The third kappa shape index (κ3) is 5.19. The number of nitrogens with zero attached hydrogens (tertiary/aromatic N) is 1. The Kier molecular flexibility index (Phi) is 6.47. The van der Waals surface area contributed by atoms with Gasteiger partial charge in [-0.15, -0.1) is 0 Å². The molecule has 11 heteroatoms. The number of benzene rings is 2. The van der Waals surface area contributed by atoms with Gasteiger partial charge in [0.15, 0.2) is 0 Å². The molecule has 2 aromatic rings. The van der Waals surface area contributed by atoms with E-state index < -0.39 is 34.4 Å². The fraction of sp³-hybridized carbons (Fsp3) is 0.316. The first-order chi connectivity index (χ1) is 14.1. The average Bonchev–Trinajstić information content (AvgIpc) is 2.69. The number of halogens is 4. The SMILES string of the molecule is O=C(OC1CCOCC1)c1cc(Oc2ccc(C(F)(F)F)cc2Cl)ccc1[N+](=O)[O-]. The van der Waals surface area contributed by atoms with E-state index >= 15 is 0 Å². The van der Waals surface area contributed by atoms with E-state index in [-0.39, 0.29) is 22.1 Å². The fourth-order valence-electron chi connectivity index (χ4n) is 2.80. The van der Waals surface area contributed by atoms with Crippen molar-refractivity contribution in [3.05, 3.63) is 62.7 Å². The summed E-state index contributed by atoms with van der Waals surface area (Å²) >= 11 is 5.86. The summed E-state index contributed by atoms with van der Waals surface area (Å²) in [7, 11) is 0. The predicted octanol–water partition coefficient (Wildman–Crippen LogP) is 5.40. The minimum absolute atomic E-state index is 0.0267. The number of nitro groups is 1. The number of alkyl halides is 3. The van der Waals surface area contributed by atoms with Gasteiger partial charge in [0.1, 0.15) is 23.2 Å². The van der Waals surface area contributed by atoms with E-state index in [2.05, 4.69) is 0 Å². The molecular formula is C19H15ClF3NO6. The largest absolute Gasteiger partial charge is 0.458 e. The number of carbonyl (C=O) groups is 1. The summed E-state index contributed by atoms with van der Waals surface area (Å²) in [6.07, 6.45) is -4.07. The van der Waals surface area contributed by atoms with E-state index in [1.807, 2.05) is 0 Å². The van der Waals surface area contributed by atoms with Gasteiger partial charge in [0, 0.05) is 25.0 Å². The van der Waals surface area contributed by atoms with Crippen LogP contribution in [-0.4, -0.2) is 30.2 Å². The maximum absolute atomic E-state index is 12.8. The molecule has 30 heavy (non-hydrogen) atoms. The van der Waals surface area contributed by atoms with Gasteiger partial charge in [-0.25, -0.2) is 4.79 Å². The molecule has 2 aromatic carbocycles. The quantitative estimate of drug-likeness (QED) is 0.348. The van der Waals surface area contributed by atoms with Crippen molar-refractivity contribution in [1.29, 1.82) is 0 Å². The molecule has 1 fully saturated rings. The molecule has 0 bridgehead atoms. The zero-order valence-electron chi connectivity index (χ0n) is 15.3. The highest BCUT2D eigenvalue weighted by Crippen LogP contribution is 2.37. The Morgan fingerprint density at radius 3 is 2.47 bits per heavy atom. The van der Waals surface area contributed by atoms with Gasteiger partial charge in [-0.3, -0.25) is 10.1 Å². The van der Waals surface area contributed by atoms with Crippen molar-refractivity contribution in [3.8, 4) is 11.5 Å². The van der Waals surface area contributed by atoms with Crippen molar-refractivity contribution in [3.63, 3.8) is 0 Å². The molecule has 3 rings (SSSR count). The summed E-state index contributed by atoms with van der Waals surface area (Å²) in [5, 5.41) is 11.0. The first-order valence-electron chi connectivity index (χ1n) is 8.77. The monoisotopic (exact) mass is 445 g/mol. The molecule has 0 N–H and O–H groups in total. The highest BCUT2D eigenvalue weighted by atomic mass is 35.5. The molecule has 0 aliphatic carbocycles. The minimum atomic E-state index is -4.57. The van der Waals surface area contributed by atoms with Crippen LogP contribution < -0.4 is 4.74 Å². The number of carbonyl (C=O) groups excluding carboxylic acids is 1. The van der Waals surface area contributed by atoms with Crippen molar-refractivity contribution in [2.75, 3.05) is 13.2 Å². The Bertz CT molecular complexity index is 960. The average molecular weight is 446 g/mol. The van der Waals surface area contributed by atoms with Gasteiger partial charge in [0.05, 0.1) is 28.7 Å². The second-order valence-electron chi connectivity index (χ2n) is 6.40. The van der Waals surface area contributed by atoms with Crippen LogP contribution in [0.1, 0.15) is 28.8 Å². The molecule has 0 radical (unpaired) electrons. The lowest BCUT2D eigenvalue weighted by Crippen LogP contribution is -2.26. The molecule has 0 amide bonds. The number of hydrogen-bond acceptors (Lipinski definition) is 6. The third-order valence-electron chi connectivity index (χ3n) is 4.31. The Hall–Kier alpha value is -2.85. The summed E-state index contributed by atoms with van der Waals surface area (Å²) in [5.41, 5.74) is -1.78. The van der Waals surface area contributed by atoms with Crippen molar-refractivity contribution < 1.29 is 37.1 Å². The lowest BCUT2D eigenvalue weighted by Gasteiger charge is -2.22. The highest BCUT2D eigenvalue weighted by molar-refractivity contribution is 6.32. The minimum Gasteiger partial charge on any atom is -0.458 e. The van der Waals surface area contributed by atoms with Gasteiger partial charge in [-0.2, -0.15) is 13.2 Å². The Labute approximate surface area is 173 Å². The van der Waals surface area contributed by atoms with Crippen molar-refractivity contribution in [2.24, 2.45) is 0 Å². The smallest absolute Gasteiger partial charge is 0.416 e. The van der Waals surface area contributed by atoms with Crippen LogP contribution in [0.5, 0.6) is 11.5 Å². The number of nitro benzene ring substituents is 1. The highest BCUT2D eigenvalue weighted by Gasteiger charge is 2.31. The van der Waals surface area contributed by atoms with E-state index in [0.717, 1.165) is 24.3 Å². The molecule has 1 heterocycles. The number of rotatable bonds is 5.